The fourth-order valence-corrected chi connectivity index (χ4v) is 4.68. The highest BCUT2D eigenvalue weighted by molar-refractivity contribution is 8.07. The van der Waals surface area contributed by atoms with Gasteiger partial charge in [0, 0.05) is 17.5 Å². The molecule has 6 nitrogen and oxygen atoms in total. The molecule has 1 aromatic rings. The first-order chi connectivity index (χ1) is 9.01. The van der Waals surface area contributed by atoms with Gasteiger partial charge in [0.25, 0.3) is 5.91 Å². The summed E-state index contributed by atoms with van der Waals surface area (Å²) in [6.07, 6.45) is 0.853. The standard InChI is InChI=1S/C12H15NO5S2/c1-9(2)12(14)13-10-4-6-11(7-5-10)20(17,18)8-19(3,15)16/h4-7H,1,8H2,2-3H3,(H,13,14). The Balaban J connectivity index is 2.97. The van der Waals surface area contributed by atoms with Crippen LogP contribution in [0.5, 0.6) is 0 Å². The normalized spacial score (nSPS) is 11.9. The Morgan fingerprint density at radius 2 is 1.65 bits per heavy atom. The number of carbonyl (C=O) groups excluding carboxylic acids is 1. The summed E-state index contributed by atoms with van der Waals surface area (Å²) < 4.78 is 45.7. The van der Waals surface area contributed by atoms with Crippen molar-refractivity contribution in [2.45, 2.75) is 11.8 Å². The number of carbonyl (C=O) groups is 1. The molecule has 1 amide bonds. The van der Waals surface area contributed by atoms with Crippen molar-refractivity contribution in [3.05, 3.63) is 36.4 Å². The Hall–Kier alpha value is -1.67. The highest BCUT2D eigenvalue weighted by atomic mass is 32.3. The maximum Gasteiger partial charge on any atom is 0.250 e. The molecular formula is C12H15NO5S2. The minimum Gasteiger partial charge on any atom is -0.322 e. The quantitative estimate of drug-likeness (QED) is 0.816. The molecule has 0 aliphatic carbocycles. The van der Waals surface area contributed by atoms with Crippen LogP contribution >= 0.6 is 0 Å². The third-order valence-electron chi connectivity index (χ3n) is 2.23. The van der Waals surface area contributed by atoms with Gasteiger partial charge in [0.2, 0.25) is 0 Å². The van der Waals surface area contributed by atoms with E-state index < -0.39 is 24.8 Å². The monoisotopic (exact) mass is 317 g/mol. The summed E-state index contributed by atoms with van der Waals surface area (Å²) in [5.41, 5.74) is 0.718. The lowest BCUT2D eigenvalue weighted by molar-refractivity contribution is -0.112. The fraction of sp³-hybridized carbons (Fsp3) is 0.250. The molecule has 0 spiro atoms. The summed E-state index contributed by atoms with van der Waals surface area (Å²) in [4.78, 5) is 11.3. The molecule has 20 heavy (non-hydrogen) atoms. The molecule has 8 heteroatoms. The molecule has 0 bridgehead atoms. The number of rotatable bonds is 5. The first kappa shape index (κ1) is 16.4. The van der Waals surface area contributed by atoms with Crippen molar-refractivity contribution < 1.29 is 21.6 Å². The molecular weight excluding hydrogens is 302 g/mol. The van der Waals surface area contributed by atoms with Gasteiger partial charge in [-0.1, -0.05) is 6.58 Å². The van der Waals surface area contributed by atoms with E-state index in [1.165, 1.54) is 24.3 Å². The van der Waals surface area contributed by atoms with Crippen LogP contribution in [0.2, 0.25) is 0 Å². The third kappa shape index (κ3) is 4.78. The Kier molecular flexibility index (Phi) is 4.72. The number of amides is 1. The average molecular weight is 317 g/mol. The Labute approximate surface area is 118 Å². The van der Waals surface area contributed by atoms with Crippen molar-refractivity contribution in [2.75, 3.05) is 16.7 Å². The lowest BCUT2D eigenvalue weighted by atomic mass is 10.3. The van der Waals surface area contributed by atoms with E-state index in [9.17, 15) is 21.6 Å². The molecule has 0 aliphatic heterocycles. The van der Waals surface area contributed by atoms with Gasteiger partial charge in [-0.25, -0.2) is 16.8 Å². The van der Waals surface area contributed by atoms with E-state index in [-0.39, 0.29) is 10.8 Å². The number of nitrogens with one attached hydrogen (secondary N) is 1. The van der Waals surface area contributed by atoms with Crippen molar-refractivity contribution in [3.8, 4) is 0 Å². The fourth-order valence-electron chi connectivity index (χ4n) is 1.33. The van der Waals surface area contributed by atoms with Crippen LogP contribution in [0.1, 0.15) is 6.92 Å². The lowest BCUT2D eigenvalue weighted by Crippen LogP contribution is -2.15. The van der Waals surface area contributed by atoms with Crippen LogP contribution in [-0.4, -0.2) is 34.1 Å². The molecule has 0 atom stereocenters. The molecule has 0 radical (unpaired) electrons. The second-order valence-corrected chi connectivity index (χ2v) is 8.91. The van der Waals surface area contributed by atoms with Crippen molar-refractivity contribution in [1.82, 2.24) is 0 Å². The minimum atomic E-state index is -3.90. The van der Waals surface area contributed by atoms with Crippen molar-refractivity contribution in [3.63, 3.8) is 0 Å². The maximum absolute atomic E-state index is 11.8. The zero-order chi connectivity index (χ0) is 15.6. The second-order valence-electron chi connectivity index (χ2n) is 4.42. The van der Waals surface area contributed by atoms with Crippen LogP contribution in [0.3, 0.4) is 0 Å². The zero-order valence-corrected chi connectivity index (χ0v) is 12.7. The second kappa shape index (κ2) is 5.76. The molecule has 0 heterocycles. The van der Waals surface area contributed by atoms with E-state index in [2.05, 4.69) is 11.9 Å². The van der Waals surface area contributed by atoms with Gasteiger partial charge in [0.15, 0.2) is 24.8 Å². The molecule has 1 rings (SSSR count). The van der Waals surface area contributed by atoms with E-state index in [1.54, 1.807) is 6.92 Å². The van der Waals surface area contributed by atoms with Crippen LogP contribution in [0.15, 0.2) is 41.3 Å². The average Bonchev–Trinajstić information content (AvgIpc) is 2.26. The van der Waals surface area contributed by atoms with Gasteiger partial charge >= 0.3 is 0 Å². The van der Waals surface area contributed by atoms with E-state index >= 15 is 0 Å². The van der Waals surface area contributed by atoms with Crippen molar-refractivity contribution in [1.29, 1.82) is 0 Å². The molecule has 0 aliphatic rings. The Bertz CT molecular complexity index is 731. The van der Waals surface area contributed by atoms with E-state index in [1.807, 2.05) is 0 Å². The molecule has 0 fully saturated rings. The summed E-state index contributed by atoms with van der Waals surface area (Å²) in [7, 11) is -7.54. The minimum absolute atomic E-state index is 0.115. The summed E-state index contributed by atoms with van der Waals surface area (Å²) in [5.74, 6) is -0.378. The van der Waals surface area contributed by atoms with Crippen LogP contribution in [0.25, 0.3) is 0 Å². The van der Waals surface area contributed by atoms with Crippen molar-refractivity contribution in [2.24, 2.45) is 0 Å². The lowest BCUT2D eigenvalue weighted by Gasteiger charge is -2.06. The predicted octanol–water partition coefficient (Wildman–Crippen LogP) is 0.977. The van der Waals surface area contributed by atoms with Crippen LogP contribution in [-0.2, 0) is 24.5 Å². The SMILES string of the molecule is C=C(C)C(=O)Nc1ccc(S(=O)(=O)CS(C)(=O)=O)cc1. The van der Waals surface area contributed by atoms with Gasteiger partial charge in [-0.2, -0.15) is 0 Å². The molecule has 0 aromatic heterocycles. The molecule has 0 unspecified atom stereocenters. The number of anilines is 1. The summed E-state index contributed by atoms with van der Waals surface area (Å²) in [5, 5.41) is 1.57. The van der Waals surface area contributed by atoms with Gasteiger partial charge in [0.1, 0.15) is 0 Å². The van der Waals surface area contributed by atoms with Gasteiger partial charge in [-0.3, -0.25) is 4.79 Å². The molecule has 110 valence electrons. The first-order valence-electron chi connectivity index (χ1n) is 5.49. The topological polar surface area (TPSA) is 97.4 Å². The van der Waals surface area contributed by atoms with Gasteiger partial charge < -0.3 is 5.32 Å². The predicted molar refractivity (Wildman–Crippen MR) is 76.8 cm³/mol. The van der Waals surface area contributed by atoms with Gasteiger partial charge in [-0.15, -0.1) is 0 Å². The zero-order valence-electron chi connectivity index (χ0n) is 11.1. The largest absolute Gasteiger partial charge is 0.322 e. The van der Waals surface area contributed by atoms with Gasteiger partial charge in [0.05, 0.1) is 4.90 Å². The Morgan fingerprint density at radius 1 is 1.15 bits per heavy atom. The number of benzene rings is 1. The molecule has 0 saturated carbocycles. The summed E-state index contributed by atoms with van der Waals surface area (Å²) in [6, 6.07) is 5.26. The van der Waals surface area contributed by atoms with Crippen LogP contribution in [0, 0.1) is 0 Å². The number of hydrogen-bond donors (Lipinski definition) is 1. The summed E-state index contributed by atoms with van der Waals surface area (Å²) in [6.45, 7) is 5.02. The highest BCUT2D eigenvalue weighted by Gasteiger charge is 2.20. The van der Waals surface area contributed by atoms with E-state index in [0.29, 0.717) is 11.3 Å². The van der Waals surface area contributed by atoms with Gasteiger partial charge in [-0.05, 0) is 31.2 Å². The number of hydrogen-bond acceptors (Lipinski definition) is 5. The van der Waals surface area contributed by atoms with Crippen molar-refractivity contribution >= 4 is 31.3 Å². The first-order valence-corrected chi connectivity index (χ1v) is 9.20. The molecule has 1 aromatic carbocycles. The summed E-state index contributed by atoms with van der Waals surface area (Å²) >= 11 is 0. The molecule has 1 N–H and O–H groups in total. The van der Waals surface area contributed by atoms with E-state index in [4.69, 9.17) is 0 Å². The molecule has 0 saturated heterocycles. The Morgan fingerprint density at radius 3 is 2.05 bits per heavy atom. The van der Waals surface area contributed by atoms with Crippen LogP contribution < -0.4 is 5.32 Å². The van der Waals surface area contributed by atoms with E-state index in [0.717, 1.165) is 6.26 Å². The smallest absolute Gasteiger partial charge is 0.250 e. The maximum atomic E-state index is 11.8. The van der Waals surface area contributed by atoms with Crippen LogP contribution in [0.4, 0.5) is 5.69 Å². The third-order valence-corrected chi connectivity index (χ3v) is 6.17. The number of sulfone groups is 2. The highest BCUT2D eigenvalue weighted by Crippen LogP contribution is 2.17.